The number of ether oxygens (including phenoxy) is 1. The first-order valence-corrected chi connectivity index (χ1v) is 7.95. The molecule has 0 bridgehead atoms. The van der Waals surface area contributed by atoms with Crippen molar-refractivity contribution >= 4 is 23.4 Å². The Morgan fingerprint density at radius 1 is 1.23 bits per heavy atom. The standard InChI is InChI=1S/C17H18FNO2S/c1-12(22-11-13-7-9-14(18)10-8-13)17(20)19-15-5-3-4-6-16(15)21-2/h3-10,12H,11H2,1-2H3,(H,19,20). The van der Waals surface area contributed by atoms with E-state index in [2.05, 4.69) is 5.32 Å². The van der Waals surface area contributed by atoms with Gasteiger partial charge in [0.05, 0.1) is 18.0 Å². The summed E-state index contributed by atoms with van der Waals surface area (Å²) in [6.45, 7) is 1.85. The molecule has 2 rings (SSSR count). The number of methoxy groups -OCH3 is 1. The minimum atomic E-state index is -0.254. The van der Waals surface area contributed by atoms with Crippen molar-refractivity contribution in [3.8, 4) is 5.75 Å². The number of nitrogens with one attached hydrogen (secondary N) is 1. The van der Waals surface area contributed by atoms with Crippen LogP contribution in [-0.4, -0.2) is 18.3 Å². The van der Waals surface area contributed by atoms with Crippen LogP contribution < -0.4 is 10.1 Å². The number of hydrogen-bond donors (Lipinski definition) is 1. The van der Waals surface area contributed by atoms with E-state index in [1.165, 1.54) is 23.9 Å². The number of benzene rings is 2. The maximum absolute atomic E-state index is 12.8. The normalized spacial score (nSPS) is 11.8. The van der Waals surface area contributed by atoms with Gasteiger partial charge < -0.3 is 10.1 Å². The summed E-state index contributed by atoms with van der Waals surface area (Å²) >= 11 is 1.50. The predicted molar refractivity (Wildman–Crippen MR) is 88.8 cm³/mol. The van der Waals surface area contributed by atoms with Crippen molar-refractivity contribution in [1.29, 1.82) is 0 Å². The molecule has 0 saturated carbocycles. The second-order valence-electron chi connectivity index (χ2n) is 4.77. The zero-order valence-corrected chi connectivity index (χ0v) is 13.3. The van der Waals surface area contributed by atoms with E-state index in [-0.39, 0.29) is 17.0 Å². The van der Waals surface area contributed by atoms with E-state index in [1.807, 2.05) is 19.1 Å². The lowest BCUT2D eigenvalue weighted by molar-refractivity contribution is -0.115. The summed E-state index contributed by atoms with van der Waals surface area (Å²) in [5.74, 6) is 0.944. The van der Waals surface area contributed by atoms with Crippen LogP contribution in [0.1, 0.15) is 12.5 Å². The highest BCUT2D eigenvalue weighted by Gasteiger charge is 2.15. The quantitative estimate of drug-likeness (QED) is 0.871. The Morgan fingerprint density at radius 2 is 1.91 bits per heavy atom. The van der Waals surface area contributed by atoms with E-state index in [4.69, 9.17) is 4.74 Å². The highest BCUT2D eigenvalue weighted by Crippen LogP contribution is 2.25. The molecule has 116 valence electrons. The van der Waals surface area contributed by atoms with Crippen LogP contribution in [0.3, 0.4) is 0 Å². The number of hydrogen-bond acceptors (Lipinski definition) is 3. The first kappa shape index (κ1) is 16.4. The molecule has 0 heterocycles. The summed E-state index contributed by atoms with van der Waals surface area (Å²) in [6, 6.07) is 13.6. The fourth-order valence-corrected chi connectivity index (χ4v) is 2.71. The molecule has 0 aliphatic carbocycles. The van der Waals surface area contributed by atoms with E-state index in [1.54, 1.807) is 31.4 Å². The molecule has 2 aromatic rings. The molecule has 1 amide bonds. The number of amides is 1. The highest BCUT2D eigenvalue weighted by molar-refractivity contribution is 7.99. The zero-order valence-electron chi connectivity index (χ0n) is 12.5. The van der Waals surface area contributed by atoms with Crippen molar-refractivity contribution in [1.82, 2.24) is 0 Å². The maximum atomic E-state index is 12.8. The Balaban J connectivity index is 1.90. The minimum Gasteiger partial charge on any atom is -0.495 e. The lowest BCUT2D eigenvalue weighted by Gasteiger charge is -2.14. The van der Waals surface area contributed by atoms with Gasteiger partial charge in [-0.1, -0.05) is 24.3 Å². The number of halogens is 1. The van der Waals surface area contributed by atoms with Crippen LogP contribution in [0, 0.1) is 5.82 Å². The SMILES string of the molecule is COc1ccccc1NC(=O)C(C)SCc1ccc(F)cc1. The van der Waals surface area contributed by atoms with Crippen LogP contribution in [0.15, 0.2) is 48.5 Å². The number of rotatable bonds is 6. The summed E-state index contributed by atoms with van der Waals surface area (Å²) in [7, 11) is 1.57. The monoisotopic (exact) mass is 319 g/mol. The Kier molecular flexibility index (Phi) is 5.83. The van der Waals surface area contributed by atoms with Crippen molar-refractivity contribution in [2.24, 2.45) is 0 Å². The Morgan fingerprint density at radius 3 is 2.59 bits per heavy atom. The molecule has 1 unspecified atom stereocenters. The van der Waals surface area contributed by atoms with Gasteiger partial charge in [0.25, 0.3) is 0 Å². The molecule has 1 N–H and O–H groups in total. The van der Waals surface area contributed by atoms with Crippen molar-refractivity contribution in [2.75, 3.05) is 12.4 Å². The number of anilines is 1. The predicted octanol–water partition coefficient (Wildman–Crippen LogP) is 4.09. The third kappa shape index (κ3) is 4.49. The van der Waals surface area contributed by atoms with Gasteiger partial charge in [0.2, 0.25) is 5.91 Å². The molecular weight excluding hydrogens is 301 g/mol. The van der Waals surface area contributed by atoms with Gasteiger partial charge in [-0.3, -0.25) is 4.79 Å². The number of thioether (sulfide) groups is 1. The Hall–Kier alpha value is -2.01. The van der Waals surface area contributed by atoms with Crippen molar-refractivity contribution in [3.05, 3.63) is 59.9 Å². The molecule has 2 aromatic carbocycles. The van der Waals surface area contributed by atoms with Crippen LogP contribution in [0.5, 0.6) is 5.75 Å². The molecule has 0 spiro atoms. The second-order valence-corrected chi connectivity index (χ2v) is 6.10. The fraction of sp³-hybridized carbons (Fsp3) is 0.235. The lowest BCUT2D eigenvalue weighted by atomic mass is 10.2. The largest absolute Gasteiger partial charge is 0.495 e. The Bertz CT molecular complexity index is 631. The summed E-state index contributed by atoms with van der Waals surface area (Å²) in [6.07, 6.45) is 0. The van der Waals surface area contributed by atoms with E-state index < -0.39 is 0 Å². The first-order valence-electron chi connectivity index (χ1n) is 6.90. The summed E-state index contributed by atoms with van der Waals surface area (Å²) in [4.78, 5) is 12.2. The molecule has 0 radical (unpaired) electrons. The van der Waals surface area contributed by atoms with E-state index >= 15 is 0 Å². The van der Waals surface area contributed by atoms with Crippen LogP contribution in [0.25, 0.3) is 0 Å². The number of carbonyl (C=O) groups is 1. The summed E-state index contributed by atoms with van der Waals surface area (Å²) in [5.41, 5.74) is 1.65. The minimum absolute atomic E-state index is 0.0865. The van der Waals surface area contributed by atoms with Gasteiger partial charge >= 0.3 is 0 Å². The van der Waals surface area contributed by atoms with E-state index in [0.29, 0.717) is 17.2 Å². The third-order valence-electron chi connectivity index (χ3n) is 3.15. The van der Waals surface area contributed by atoms with Crippen LogP contribution in [0.2, 0.25) is 0 Å². The van der Waals surface area contributed by atoms with Crippen molar-refractivity contribution < 1.29 is 13.9 Å². The molecule has 1 atom stereocenters. The smallest absolute Gasteiger partial charge is 0.237 e. The molecule has 5 heteroatoms. The van der Waals surface area contributed by atoms with Gasteiger partial charge in [-0.05, 0) is 36.8 Å². The van der Waals surface area contributed by atoms with Crippen LogP contribution in [0.4, 0.5) is 10.1 Å². The van der Waals surface area contributed by atoms with E-state index in [0.717, 1.165) is 5.56 Å². The first-order chi connectivity index (χ1) is 10.6. The number of para-hydroxylation sites is 2. The highest BCUT2D eigenvalue weighted by atomic mass is 32.2. The molecule has 0 aliphatic rings. The molecular formula is C17H18FNO2S. The van der Waals surface area contributed by atoms with Crippen molar-refractivity contribution in [3.63, 3.8) is 0 Å². The summed E-state index contributed by atoms with van der Waals surface area (Å²) < 4.78 is 18.1. The topological polar surface area (TPSA) is 38.3 Å². The molecule has 0 saturated heterocycles. The fourth-order valence-electron chi connectivity index (χ4n) is 1.86. The van der Waals surface area contributed by atoms with Gasteiger partial charge in [0.15, 0.2) is 0 Å². The van der Waals surface area contributed by atoms with Gasteiger partial charge in [-0.25, -0.2) is 4.39 Å². The zero-order chi connectivity index (χ0) is 15.9. The van der Waals surface area contributed by atoms with Gasteiger partial charge in [0, 0.05) is 5.75 Å². The van der Waals surface area contributed by atoms with Crippen LogP contribution in [-0.2, 0) is 10.5 Å². The average Bonchev–Trinajstić information content (AvgIpc) is 2.54. The second kappa shape index (κ2) is 7.84. The molecule has 3 nitrogen and oxygen atoms in total. The molecule has 0 aliphatic heterocycles. The maximum Gasteiger partial charge on any atom is 0.237 e. The molecule has 22 heavy (non-hydrogen) atoms. The van der Waals surface area contributed by atoms with E-state index in [9.17, 15) is 9.18 Å². The lowest BCUT2D eigenvalue weighted by Crippen LogP contribution is -2.22. The van der Waals surface area contributed by atoms with Gasteiger partial charge in [-0.2, -0.15) is 0 Å². The number of carbonyl (C=O) groups excluding carboxylic acids is 1. The van der Waals surface area contributed by atoms with Crippen molar-refractivity contribution in [2.45, 2.75) is 17.9 Å². The Labute approximate surface area is 133 Å². The summed E-state index contributed by atoms with van der Waals surface area (Å²) in [5, 5.41) is 2.63. The molecule has 0 aromatic heterocycles. The van der Waals surface area contributed by atoms with Crippen LogP contribution >= 0.6 is 11.8 Å². The van der Waals surface area contributed by atoms with Gasteiger partial charge in [0.1, 0.15) is 11.6 Å². The molecule has 0 fully saturated rings. The third-order valence-corrected chi connectivity index (χ3v) is 4.36. The van der Waals surface area contributed by atoms with Gasteiger partial charge in [-0.15, -0.1) is 11.8 Å². The average molecular weight is 319 g/mol.